The number of para-hydroxylation sites is 1. The van der Waals surface area contributed by atoms with Crippen molar-refractivity contribution in [1.29, 1.82) is 0 Å². The van der Waals surface area contributed by atoms with Gasteiger partial charge in [0.25, 0.3) is 11.6 Å². The van der Waals surface area contributed by atoms with Crippen LogP contribution < -0.4 is 14.8 Å². The van der Waals surface area contributed by atoms with E-state index in [9.17, 15) is 19.7 Å². The van der Waals surface area contributed by atoms with Crippen molar-refractivity contribution in [2.45, 2.75) is 25.3 Å². The molecule has 0 bridgehead atoms. The van der Waals surface area contributed by atoms with Gasteiger partial charge in [-0.2, -0.15) is 0 Å². The number of rotatable bonds is 7. The monoisotopic (exact) mass is 427 g/mol. The summed E-state index contributed by atoms with van der Waals surface area (Å²) < 4.78 is 10.5. The van der Waals surface area contributed by atoms with Gasteiger partial charge in [-0.25, -0.2) is 0 Å². The van der Waals surface area contributed by atoms with Gasteiger partial charge in [0.2, 0.25) is 5.91 Å². The summed E-state index contributed by atoms with van der Waals surface area (Å²) in [6.45, 7) is 1.04. The van der Waals surface area contributed by atoms with Crippen LogP contribution in [0.1, 0.15) is 28.8 Å². The van der Waals surface area contributed by atoms with Crippen LogP contribution in [0.5, 0.6) is 11.5 Å². The Hall–Kier alpha value is -3.62. The standard InChI is InChI=1S/C22H25N3O6/c1-30-19-6-4-3-5-15(19)13-21(26)24-11-9-16(10-12-24)23-22(27)18-14-17(25(28)29)7-8-20(18)31-2/h3-8,14,16H,9-13H2,1-2H3,(H,23,27). The molecule has 1 aliphatic heterocycles. The first-order valence-electron chi connectivity index (χ1n) is 9.96. The molecule has 1 saturated heterocycles. The van der Waals surface area contributed by atoms with Crippen molar-refractivity contribution in [3.05, 3.63) is 63.7 Å². The van der Waals surface area contributed by atoms with Crippen molar-refractivity contribution in [1.82, 2.24) is 10.2 Å². The summed E-state index contributed by atoms with van der Waals surface area (Å²) in [5.74, 6) is 0.533. The highest BCUT2D eigenvalue weighted by Gasteiger charge is 2.26. The normalized spacial score (nSPS) is 14.1. The van der Waals surface area contributed by atoms with Gasteiger partial charge in [-0.15, -0.1) is 0 Å². The minimum absolute atomic E-state index is 0.00892. The van der Waals surface area contributed by atoms with Crippen molar-refractivity contribution in [2.75, 3.05) is 27.3 Å². The van der Waals surface area contributed by atoms with E-state index < -0.39 is 10.8 Å². The summed E-state index contributed by atoms with van der Waals surface area (Å²) in [4.78, 5) is 37.6. The number of nitro benzene ring substituents is 1. The zero-order valence-corrected chi connectivity index (χ0v) is 17.5. The van der Waals surface area contributed by atoms with Crippen molar-refractivity contribution in [3.63, 3.8) is 0 Å². The van der Waals surface area contributed by atoms with Crippen molar-refractivity contribution in [3.8, 4) is 11.5 Å². The number of nitro groups is 1. The number of carbonyl (C=O) groups is 2. The number of hydrogen-bond acceptors (Lipinski definition) is 6. The largest absolute Gasteiger partial charge is 0.496 e. The van der Waals surface area contributed by atoms with Crippen LogP contribution in [0, 0.1) is 10.1 Å². The SMILES string of the molecule is COc1ccccc1CC(=O)N1CCC(NC(=O)c2cc([N+](=O)[O-])ccc2OC)CC1. The van der Waals surface area contributed by atoms with E-state index in [-0.39, 0.29) is 35.4 Å². The Bertz CT molecular complexity index is 969. The van der Waals surface area contributed by atoms with E-state index in [4.69, 9.17) is 9.47 Å². The van der Waals surface area contributed by atoms with Crippen LogP contribution in [0.25, 0.3) is 0 Å². The highest BCUT2D eigenvalue weighted by Crippen LogP contribution is 2.25. The average molecular weight is 427 g/mol. The smallest absolute Gasteiger partial charge is 0.270 e. The first kappa shape index (κ1) is 22.1. The molecule has 3 rings (SSSR count). The Morgan fingerprint density at radius 1 is 1.10 bits per heavy atom. The van der Waals surface area contributed by atoms with E-state index in [1.165, 1.54) is 25.3 Å². The second kappa shape index (κ2) is 9.92. The van der Waals surface area contributed by atoms with Crippen molar-refractivity contribution >= 4 is 17.5 Å². The van der Waals surface area contributed by atoms with Gasteiger partial charge in [-0.1, -0.05) is 18.2 Å². The van der Waals surface area contributed by atoms with Crippen LogP contribution in [0.4, 0.5) is 5.69 Å². The van der Waals surface area contributed by atoms with Gasteiger partial charge in [0.15, 0.2) is 0 Å². The van der Waals surface area contributed by atoms with E-state index in [1.807, 2.05) is 24.3 Å². The van der Waals surface area contributed by atoms with Gasteiger partial charge in [0.1, 0.15) is 11.5 Å². The number of benzene rings is 2. The van der Waals surface area contributed by atoms with E-state index in [2.05, 4.69) is 5.32 Å². The number of likely N-dealkylation sites (tertiary alicyclic amines) is 1. The number of amides is 2. The average Bonchev–Trinajstić information content (AvgIpc) is 2.79. The number of piperidine rings is 1. The van der Waals surface area contributed by atoms with Crippen LogP contribution in [-0.4, -0.2) is 55.0 Å². The summed E-state index contributed by atoms with van der Waals surface area (Å²) in [6.07, 6.45) is 1.45. The number of nitrogens with zero attached hydrogens (tertiary/aromatic N) is 2. The Kier molecular flexibility index (Phi) is 7.07. The third kappa shape index (κ3) is 5.30. The maximum Gasteiger partial charge on any atom is 0.270 e. The van der Waals surface area contributed by atoms with E-state index in [0.29, 0.717) is 31.7 Å². The van der Waals surface area contributed by atoms with Crippen molar-refractivity contribution < 1.29 is 24.0 Å². The van der Waals surface area contributed by atoms with Crippen molar-refractivity contribution in [2.24, 2.45) is 0 Å². The first-order valence-corrected chi connectivity index (χ1v) is 9.96. The number of methoxy groups -OCH3 is 2. The lowest BCUT2D eigenvalue weighted by molar-refractivity contribution is -0.384. The summed E-state index contributed by atoms with van der Waals surface area (Å²) in [6, 6.07) is 11.2. The van der Waals surface area contributed by atoms with Gasteiger partial charge < -0.3 is 19.7 Å². The van der Waals surface area contributed by atoms with Gasteiger partial charge >= 0.3 is 0 Å². The molecule has 0 unspecified atom stereocenters. The predicted molar refractivity (Wildman–Crippen MR) is 113 cm³/mol. The molecule has 1 N–H and O–H groups in total. The van der Waals surface area contributed by atoms with E-state index >= 15 is 0 Å². The van der Waals surface area contributed by atoms with Gasteiger partial charge in [0.05, 0.1) is 31.1 Å². The van der Waals surface area contributed by atoms with Crippen LogP contribution in [0.3, 0.4) is 0 Å². The number of non-ortho nitro benzene ring substituents is 1. The molecule has 1 fully saturated rings. The third-order valence-electron chi connectivity index (χ3n) is 5.36. The summed E-state index contributed by atoms with van der Waals surface area (Å²) in [5.41, 5.74) is 0.775. The Balaban J connectivity index is 1.58. The maximum absolute atomic E-state index is 12.7. The minimum atomic E-state index is -0.554. The summed E-state index contributed by atoms with van der Waals surface area (Å²) in [5, 5.41) is 13.9. The molecule has 0 radical (unpaired) electrons. The Morgan fingerprint density at radius 3 is 2.42 bits per heavy atom. The van der Waals surface area contributed by atoms with E-state index in [1.54, 1.807) is 12.0 Å². The van der Waals surface area contributed by atoms with Gasteiger partial charge in [-0.05, 0) is 25.0 Å². The fraction of sp³-hybridized carbons (Fsp3) is 0.364. The van der Waals surface area contributed by atoms with Gasteiger partial charge in [-0.3, -0.25) is 19.7 Å². The first-order chi connectivity index (χ1) is 14.9. The molecule has 1 aliphatic rings. The molecule has 1 heterocycles. The zero-order valence-electron chi connectivity index (χ0n) is 17.5. The molecule has 2 aromatic carbocycles. The van der Waals surface area contributed by atoms with E-state index in [0.717, 1.165) is 5.56 Å². The number of hydrogen-bond donors (Lipinski definition) is 1. The maximum atomic E-state index is 12.7. The lowest BCUT2D eigenvalue weighted by Gasteiger charge is -2.32. The highest BCUT2D eigenvalue weighted by molar-refractivity contribution is 5.97. The van der Waals surface area contributed by atoms with Gasteiger partial charge in [0, 0.05) is 36.8 Å². The molecule has 31 heavy (non-hydrogen) atoms. The fourth-order valence-corrected chi connectivity index (χ4v) is 3.65. The summed E-state index contributed by atoms with van der Waals surface area (Å²) in [7, 11) is 2.98. The van der Waals surface area contributed by atoms with Crippen LogP contribution in [0.15, 0.2) is 42.5 Å². The predicted octanol–water partition coefficient (Wildman–Crippen LogP) is 2.58. The Morgan fingerprint density at radius 2 is 1.77 bits per heavy atom. The molecule has 164 valence electrons. The second-order valence-corrected chi connectivity index (χ2v) is 7.26. The highest BCUT2D eigenvalue weighted by atomic mass is 16.6. The molecular formula is C22H25N3O6. The minimum Gasteiger partial charge on any atom is -0.496 e. The Labute approximate surface area is 180 Å². The second-order valence-electron chi connectivity index (χ2n) is 7.26. The van der Waals surface area contributed by atoms with Crippen LogP contribution in [0.2, 0.25) is 0 Å². The fourth-order valence-electron chi connectivity index (χ4n) is 3.65. The quantitative estimate of drug-likeness (QED) is 0.537. The van der Waals surface area contributed by atoms with Crippen LogP contribution >= 0.6 is 0 Å². The molecule has 2 aromatic rings. The molecule has 0 aromatic heterocycles. The van der Waals surface area contributed by atoms with Crippen LogP contribution in [-0.2, 0) is 11.2 Å². The molecular weight excluding hydrogens is 402 g/mol. The summed E-state index contributed by atoms with van der Waals surface area (Å²) >= 11 is 0. The number of nitrogens with one attached hydrogen (secondary N) is 1. The number of ether oxygens (including phenoxy) is 2. The molecule has 0 saturated carbocycles. The number of carbonyl (C=O) groups excluding carboxylic acids is 2. The zero-order chi connectivity index (χ0) is 22.4. The molecule has 0 aliphatic carbocycles. The molecule has 9 nitrogen and oxygen atoms in total. The molecule has 9 heteroatoms. The molecule has 2 amide bonds. The topological polar surface area (TPSA) is 111 Å². The lowest BCUT2D eigenvalue weighted by atomic mass is 10.0. The molecule has 0 atom stereocenters. The third-order valence-corrected chi connectivity index (χ3v) is 5.36. The molecule has 0 spiro atoms. The lowest BCUT2D eigenvalue weighted by Crippen LogP contribution is -2.47.